The van der Waals surface area contributed by atoms with Crippen molar-refractivity contribution in [2.24, 2.45) is 0 Å². The number of carbonyl (C=O) groups excluding carboxylic acids is 1. The summed E-state index contributed by atoms with van der Waals surface area (Å²) in [5.74, 6) is 3.05. The molecule has 6 heteroatoms. The molecular formula is C21H26N4O2. The number of piperidine rings is 1. The summed E-state index contributed by atoms with van der Waals surface area (Å²) >= 11 is 0. The van der Waals surface area contributed by atoms with E-state index < -0.39 is 0 Å². The van der Waals surface area contributed by atoms with Gasteiger partial charge in [0.1, 0.15) is 11.6 Å². The molecule has 2 aromatic rings. The van der Waals surface area contributed by atoms with E-state index in [1.54, 1.807) is 0 Å². The van der Waals surface area contributed by atoms with Crippen LogP contribution in [0.2, 0.25) is 0 Å². The van der Waals surface area contributed by atoms with Gasteiger partial charge in [-0.25, -0.2) is 0 Å². The Hall–Kier alpha value is -2.21. The zero-order valence-corrected chi connectivity index (χ0v) is 15.6. The first kappa shape index (κ1) is 16.9. The molecule has 1 aromatic carbocycles. The molecule has 142 valence electrons. The van der Waals surface area contributed by atoms with Crippen LogP contribution in [0.4, 0.5) is 0 Å². The van der Waals surface area contributed by atoms with Crippen molar-refractivity contribution < 1.29 is 9.53 Å². The minimum absolute atomic E-state index is 0.140. The maximum absolute atomic E-state index is 13.2. The highest BCUT2D eigenvalue weighted by molar-refractivity contribution is 5.94. The number of nitrogens with zero attached hydrogens (tertiary/aromatic N) is 4. The number of amides is 1. The lowest BCUT2D eigenvalue weighted by atomic mass is 9.94. The van der Waals surface area contributed by atoms with Crippen molar-refractivity contribution in [1.82, 2.24) is 19.7 Å². The predicted octanol–water partition coefficient (Wildman–Crippen LogP) is 2.75. The van der Waals surface area contributed by atoms with Crippen LogP contribution in [-0.4, -0.2) is 51.9 Å². The quantitative estimate of drug-likeness (QED) is 0.838. The van der Waals surface area contributed by atoms with Crippen LogP contribution in [0.1, 0.15) is 65.1 Å². The van der Waals surface area contributed by atoms with Crippen LogP contribution in [0, 0.1) is 0 Å². The summed E-state index contributed by atoms with van der Waals surface area (Å²) in [7, 11) is 0. The molecular weight excluding hydrogens is 340 g/mol. The van der Waals surface area contributed by atoms with E-state index in [2.05, 4.69) is 26.9 Å². The first-order valence-electron chi connectivity index (χ1n) is 10.2. The minimum Gasteiger partial charge on any atom is -0.381 e. The number of hydrogen-bond acceptors (Lipinski definition) is 4. The molecule has 1 amide bonds. The van der Waals surface area contributed by atoms with Gasteiger partial charge in [-0.3, -0.25) is 4.79 Å². The third kappa shape index (κ3) is 3.16. The number of benzene rings is 1. The van der Waals surface area contributed by atoms with Gasteiger partial charge >= 0.3 is 0 Å². The Morgan fingerprint density at radius 2 is 2.07 bits per heavy atom. The molecule has 0 radical (unpaired) electrons. The van der Waals surface area contributed by atoms with Gasteiger partial charge in [0.15, 0.2) is 0 Å². The SMILES string of the molecule is O=C(c1cccc(C2CCOC2)c1)N1CCCC(c2nnc3n2CCC3)C1. The van der Waals surface area contributed by atoms with Crippen molar-refractivity contribution in [1.29, 1.82) is 0 Å². The van der Waals surface area contributed by atoms with Crippen LogP contribution in [-0.2, 0) is 17.7 Å². The van der Waals surface area contributed by atoms with E-state index in [-0.39, 0.29) is 5.91 Å². The fraction of sp³-hybridized carbons (Fsp3) is 0.571. The zero-order valence-electron chi connectivity index (χ0n) is 15.6. The number of carbonyl (C=O) groups is 1. The Morgan fingerprint density at radius 3 is 2.96 bits per heavy atom. The van der Waals surface area contributed by atoms with E-state index in [4.69, 9.17) is 4.74 Å². The second kappa shape index (κ2) is 7.08. The fourth-order valence-electron chi connectivity index (χ4n) is 4.75. The monoisotopic (exact) mass is 366 g/mol. The Labute approximate surface area is 159 Å². The lowest BCUT2D eigenvalue weighted by Crippen LogP contribution is -2.39. The molecule has 0 aliphatic carbocycles. The Morgan fingerprint density at radius 1 is 1.11 bits per heavy atom. The molecule has 2 saturated heterocycles. The summed E-state index contributed by atoms with van der Waals surface area (Å²) in [4.78, 5) is 15.2. The number of ether oxygens (including phenoxy) is 1. The van der Waals surface area contributed by atoms with E-state index >= 15 is 0 Å². The summed E-state index contributed by atoms with van der Waals surface area (Å²) in [5, 5.41) is 8.81. The van der Waals surface area contributed by atoms with Gasteiger partial charge in [0.05, 0.1) is 6.61 Å². The molecule has 2 atom stereocenters. The van der Waals surface area contributed by atoms with Gasteiger partial charge < -0.3 is 14.2 Å². The van der Waals surface area contributed by atoms with Crippen LogP contribution in [0.25, 0.3) is 0 Å². The number of aromatic nitrogens is 3. The molecule has 0 spiro atoms. The van der Waals surface area contributed by atoms with E-state index in [1.807, 2.05) is 17.0 Å². The third-order valence-electron chi connectivity index (χ3n) is 6.25. The van der Waals surface area contributed by atoms with Gasteiger partial charge in [-0.05, 0) is 43.4 Å². The fourth-order valence-corrected chi connectivity index (χ4v) is 4.75. The molecule has 6 nitrogen and oxygen atoms in total. The van der Waals surface area contributed by atoms with Crippen molar-refractivity contribution in [2.75, 3.05) is 26.3 Å². The van der Waals surface area contributed by atoms with Crippen molar-refractivity contribution in [3.63, 3.8) is 0 Å². The Kier molecular flexibility index (Phi) is 4.44. The highest BCUT2D eigenvalue weighted by Crippen LogP contribution is 2.30. The number of likely N-dealkylation sites (tertiary alicyclic amines) is 1. The summed E-state index contributed by atoms with van der Waals surface area (Å²) < 4.78 is 7.79. The summed E-state index contributed by atoms with van der Waals surface area (Å²) in [6.45, 7) is 4.18. The van der Waals surface area contributed by atoms with Gasteiger partial charge in [0.2, 0.25) is 0 Å². The lowest BCUT2D eigenvalue weighted by molar-refractivity contribution is 0.0703. The lowest BCUT2D eigenvalue weighted by Gasteiger charge is -2.32. The molecule has 4 heterocycles. The molecule has 0 saturated carbocycles. The van der Waals surface area contributed by atoms with E-state index in [0.29, 0.717) is 11.8 Å². The molecule has 5 rings (SSSR count). The Bertz CT molecular complexity index is 840. The van der Waals surface area contributed by atoms with Crippen LogP contribution in [0.15, 0.2) is 24.3 Å². The molecule has 0 N–H and O–H groups in total. The van der Waals surface area contributed by atoms with Gasteiger partial charge in [0, 0.05) is 50.1 Å². The number of hydrogen-bond donors (Lipinski definition) is 0. The maximum atomic E-state index is 13.2. The van der Waals surface area contributed by atoms with Gasteiger partial charge in [-0.15, -0.1) is 10.2 Å². The second-order valence-electron chi connectivity index (χ2n) is 8.01. The van der Waals surface area contributed by atoms with Crippen LogP contribution in [0.3, 0.4) is 0 Å². The first-order chi connectivity index (χ1) is 13.3. The molecule has 0 bridgehead atoms. The molecule has 2 fully saturated rings. The van der Waals surface area contributed by atoms with Gasteiger partial charge in [-0.1, -0.05) is 12.1 Å². The van der Waals surface area contributed by atoms with Crippen molar-refractivity contribution in [3.05, 3.63) is 47.0 Å². The summed E-state index contributed by atoms with van der Waals surface area (Å²) in [6.07, 6.45) is 5.34. The molecule has 2 unspecified atom stereocenters. The largest absolute Gasteiger partial charge is 0.381 e. The molecule has 3 aliphatic rings. The van der Waals surface area contributed by atoms with Crippen molar-refractivity contribution in [2.45, 2.75) is 50.5 Å². The maximum Gasteiger partial charge on any atom is 0.253 e. The molecule has 3 aliphatic heterocycles. The minimum atomic E-state index is 0.140. The zero-order chi connectivity index (χ0) is 18.2. The first-order valence-corrected chi connectivity index (χ1v) is 10.2. The van der Waals surface area contributed by atoms with E-state index in [1.165, 1.54) is 5.56 Å². The normalized spacial score (nSPS) is 25.0. The van der Waals surface area contributed by atoms with Crippen LogP contribution in [0.5, 0.6) is 0 Å². The van der Waals surface area contributed by atoms with Crippen molar-refractivity contribution in [3.8, 4) is 0 Å². The highest BCUT2D eigenvalue weighted by Gasteiger charge is 2.31. The highest BCUT2D eigenvalue weighted by atomic mass is 16.5. The van der Waals surface area contributed by atoms with E-state index in [0.717, 1.165) is 82.2 Å². The average molecular weight is 366 g/mol. The third-order valence-corrected chi connectivity index (χ3v) is 6.25. The topological polar surface area (TPSA) is 60.2 Å². The standard InChI is InChI=1S/C21H26N4O2/c26-21(16-5-1-4-15(12-16)18-8-11-27-14-18)24-9-2-6-17(13-24)20-23-22-19-7-3-10-25(19)20/h1,4-5,12,17-18H,2-3,6-11,13-14H2. The predicted molar refractivity (Wildman–Crippen MR) is 101 cm³/mol. The molecule has 1 aromatic heterocycles. The number of rotatable bonds is 3. The van der Waals surface area contributed by atoms with Crippen molar-refractivity contribution >= 4 is 5.91 Å². The van der Waals surface area contributed by atoms with Crippen LogP contribution >= 0.6 is 0 Å². The van der Waals surface area contributed by atoms with Gasteiger partial charge in [0.25, 0.3) is 5.91 Å². The molecule has 27 heavy (non-hydrogen) atoms. The summed E-state index contributed by atoms with van der Waals surface area (Å²) in [5.41, 5.74) is 2.02. The number of aryl methyl sites for hydroxylation is 1. The average Bonchev–Trinajstić information content (AvgIpc) is 3.45. The second-order valence-corrected chi connectivity index (χ2v) is 8.01. The smallest absolute Gasteiger partial charge is 0.253 e. The number of fused-ring (bicyclic) bond motifs is 1. The van der Waals surface area contributed by atoms with E-state index in [9.17, 15) is 4.79 Å². The Balaban J connectivity index is 1.33. The van der Waals surface area contributed by atoms with Gasteiger partial charge in [-0.2, -0.15) is 0 Å². The van der Waals surface area contributed by atoms with Crippen LogP contribution < -0.4 is 0 Å². The summed E-state index contributed by atoms with van der Waals surface area (Å²) in [6, 6.07) is 8.14.